The van der Waals surface area contributed by atoms with Crippen molar-refractivity contribution in [2.75, 3.05) is 6.54 Å². The average Bonchev–Trinajstić information content (AvgIpc) is 2.68. The van der Waals surface area contributed by atoms with E-state index in [1.807, 2.05) is 6.07 Å². The van der Waals surface area contributed by atoms with Gasteiger partial charge in [0.1, 0.15) is 0 Å². The fourth-order valence-corrected chi connectivity index (χ4v) is 3.32. The molecule has 0 bridgehead atoms. The van der Waals surface area contributed by atoms with Gasteiger partial charge < -0.3 is 0 Å². The van der Waals surface area contributed by atoms with E-state index in [9.17, 15) is 9.59 Å². The van der Waals surface area contributed by atoms with E-state index in [2.05, 4.69) is 6.07 Å². The van der Waals surface area contributed by atoms with Crippen molar-refractivity contribution in [2.45, 2.75) is 51.4 Å². The van der Waals surface area contributed by atoms with Gasteiger partial charge in [0.2, 0.25) is 11.8 Å². The lowest BCUT2D eigenvalue weighted by molar-refractivity contribution is -0.142. The van der Waals surface area contributed by atoms with Crippen LogP contribution in [-0.4, -0.2) is 23.3 Å². The highest BCUT2D eigenvalue weighted by Gasteiger charge is 2.51. The van der Waals surface area contributed by atoms with E-state index >= 15 is 0 Å². The molecular formula is C15H19N3O2. The van der Waals surface area contributed by atoms with Crippen molar-refractivity contribution in [3.8, 4) is 12.1 Å². The minimum absolute atomic E-state index is 0.0839. The maximum Gasteiger partial charge on any atom is 0.235 e. The maximum absolute atomic E-state index is 12.5. The van der Waals surface area contributed by atoms with Crippen LogP contribution in [0.2, 0.25) is 0 Å². The number of carbonyl (C=O) groups excluding carboxylic acids is 2. The van der Waals surface area contributed by atoms with Crippen LogP contribution in [0.3, 0.4) is 0 Å². The second-order valence-corrected chi connectivity index (χ2v) is 5.85. The highest BCUT2D eigenvalue weighted by Crippen LogP contribution is 2.45. The number of carbonyl (C=O) groups is 2. The van der Waals surface area contributed by atoms with Crippen LogP contribution in [0.1, 0.15) is 51.4 Å². The Hall–Kier alpha value is -1.88. The number of nitrogens with zero attached hydrogens (tertiary/aromatic N) is 3. The summed E-state index contributed by atoms with van der Waals surface area (Å²) in [5, 5.41) is 17.6. The number of amides is 2. The molecule has 2 fully saturated rings. The van der Waals surface area contributed by atoms with Crippen LogP contribution in [0.4, 0.5) is 0 Å². The molecule has 0 aromatic carbocycles. The van der Waals surface area contributed by atoms with Gasteiger partial charge in [-0.2, -0.15) is 10.5 Å². The minimum Gasteiger partial charge on any atom is -0.281 e. The van der Waals surface area contributed by atoms with E-state index in [0.29, 0.717) is 12.8 Å². The highest BCUT2D eigenvalue weighted by molar-refractivity contribution is 6.05. The zero-order valence-corrected chi connectivity index (χ0v) is 11.6. The van der Waals surface area contributed by atoms with Crippen LogP contribution >= 0.6 is 0 Å². The van der Waals surface area contributed by atoms with Gasteiger partial charge >= 0.3 is 0 Å². The summed E-state index contributed by atoms with van der Waals surface area (Å²) < 4.78 is 0. The molecule has 0 unspecified atom stereocenters. The number of rotatable bonds is 4. The number of imide groups is 1. The SMILES string of the molecule is N#CCC[C@@H](C#N)CN1C(=O)CC2(CCCCC2)C1=O. The summed E-state index contributed by atoms with van der Waals surface area (Å²) in [5.41, 5.74) is -0.482. The third-order valence-electron chi connectivity index (χ3n) is 4.49. The van der Waals surface area contributed by atoms with Gasteiger partial charge in [0.25, 0.3) is 0 Å². The monoisotopic (exact) mass is 273 g/mol. The van der Waals surface area contributed by atoms with Gasteiger partial charge in [0, 0.05) is 19.4 Å². The predicted molar refractivity (Wildman–Crippen MR) is 70.8 cm³/mol. The van der Waals surface area contributed by atoms with Gasteiger partial charge in [-0.1, -0.05) is 19.3 Å². The van der Waals surface area contributed by atoms with Crippen molar-refractivity contribution in [1.29, 1.82) is 10.5 Å². The first-order chi connectivity index (χ1) is 9.63. The first kappa shape index (κ1) is 14.5. The maximum atomic E-state index is 12.5. The molecule has 1 heterocycles. The summed E-state index contributed by atoms with van der Waals surface area (Å²) in [6.07, 6.45) is 5.73. The molecule has 1 spiro atoms. The van der Waals surface area contributed by atoms with Crippen LogP contribution < -0.4 is 0 Å². The fourth-order valence-electron chi connectivity index (χ4n) is 3.32. The molecule has 1 aliphatic heterocycles. The van der Waals surface area contributed by atoms with E-state index in [0.717, 1.165) is 32.1 Å². The van der Waals surface area contributed by atoms with Crippen molar-refractivity contribution in [3.63, 3.8) is 0 Å². The zero-order chi connectivity index (χ0) is 14.6. The normalized spacial score (nSPS) is 22.6. The Labute approximate surface area is 119 Å². The zero-order valence-electron chi connectivity index (χ0n) is 11.6. The largest absolute Gasteiger partial charge is 0.281 e. The molecule has 0 aromatic heterocycles. The average molecular weight is 273 g/mol. The van der Waals surface area contributed by atoms with Gasteiger partial charge in [-0.15, -0.1) is 0 Å². The van der Waals surface area contributed by atoms with Crippen LogP contribution in [0.15, 0.2) is 0 Å². The van der Waals surface area contributed by atoms with Crippen LogP contribution in [0, 0.1) is 34.0 Å². The van der Waals surface area contributed by atoms with Crippen molar-refractivity contribution in [2.24, 2.45) is 11.3 Å². The molecule has 2 rings (SSSR count). The van der Waals surface area contributed by atoms with E-state index in [1.54, 1.807) is 0 Å². The number of likely N-dealkylation sites (tertiary alicyclic amines) is 1. The fraction of sp³-hybridized carbons (Fsp3) is 0.733. The Morgan fingerprint density at radius 2 is 1.90 bits per heavy atom. The van der Waals surface area contributed by atoms with Crippen molar-refractivity contribution >= 4 is 11.8 Å². The Morgan fingerprint density at radius 1 is 1.20 bits per heavy atom. The summed E-state index contributed by atoms with van der Waals surface area (Å²) in [6.45, 7) is 0.150. The quantitative estimate of drug-likeness (QED) is 0.734. The molecule has 5 heteroatoms. The first-order valence-corrected chi connectivity index (χ1v) is 7.24. The van der Waals surface area contributed by atoms with Crippen molar-refractivity contribution in [1.82, 2.24) is 4.90 Å². The molecule has 2 amide bonds. The summed E-state index contributed by atoms with van der Waals surface area (Å²) in [5.74, 6) is -0.658. The Morgan fingerprint density at radius 3 is 2.50 bits per heavy atom. The van der Waals surface area contributed by atoms with Gasteiger partial charge in [-0.3, -0.25) is 14.5 Å². The van der Waals surface area contributed by atoms with Gasteiger partial charge in [0.15, 0.2) is 0 Å². The Bertz CT molecular complexity index is 480. The van der Waals surface area contributed by atoms with Gasteiger partial charge in [-0.25, -0.2) is 0 Å². The molecule has 106 valence electrons. The lowest BCUT2D eigenvalue weighted by Crippen LogP contribution is -2.39. The number of hydrogen-bond donors (Lipinski definition) is 0. The summed E-state index contributed by atoms with van der Waals surface area (Å²) in [4.78, 5) is 25.9. The van der Waals surface area contributed by atoms with Crippen LogP contribution in [0.5, 0.6) is 0 Å². The first-order valence-electron chi connectivity index (χ1n) is 7.24. The standard InChI is InChI=1S/C15H19N3O2/c16-8-4-5-12(10-17)11-18-13(19)9-15(14(18)20)6-2-1-3-7-15/h12H,1-7,9,11H2/t12-/m0/s1. The molecule has 0 N–H and O–H groups in total. The molecule has 1 atom stereocenters. The second kappa shape index (κ2) is 6.05. The predicted octanol–water partition coefficient (Wildman–Crippen LogP) is 2.14. The molecule has 1 aliphatic carbocycles. The van der Waals surface area contributed by atoms with Crippen LogP contribution in [-0.2, 0) is 9.59 Å². The van der Waals surface area contributed by atoms with Gasteiger partial charge in [0.05, 0.1) is 23.5 Å². The summed E-state index contributed by atoms with van der Waals surface area (Å²) in [7, 11) is 0. The van der Waals surface area contributed by atoms with Crippen LogP contribution in [0.25, 0.3) is 0 Å². The molecular weight excluding hydrogens is 254 g/mol. The second-order valence-electron chi connectivity index (χ2n) is 5.85. The molecule has 20 heavy (non-hydrogen) atoms. The lowest BCUT2D eigenvalue weighted by Gasteiger charge is -2.30. The molecule has 5 nitrogen and oxygen atoms in total. The van der Waals surface area contributed by atoms with E-state index in [4.69, 9.17) is 10.5 Å². The van der Waals surface area contributed by atoms with Crippen molar-refractivity contribution < 1.29 is 9.59 Å². The molecule has 1 saturated heterocycles. The van der Waals surface area contributed by atoms with Gasteiger partial charge in [-0.05, 0) is 19.3 Å². The third-order valence-corrected chi connectivity index (χ3v) is 4.49. The number of nitriles is 2. The van der Waals surface area contributed by atoms with E-state index in [-0.39, 0.29) is 24.8 Å². The highest BCUT2D eigenvalue weighted by atomic mass is 16.2. The number of hydrogen-bond acceptors (Lipinski definition) is 4. The van der Waals surface area contributed by atoms with E-state index in [1.165, 1.54) is 4.90 Å². The topological polar surface area (TPSA) is 85.0 Å². The summed E-state index contributed by atoms with van der Waals surface area (Å²) >= 11 is 0. The molecule has 1 saturated carbocycles. The smallest absolute Gasteiger partial charge is 0.235 e. The molecule has 2 aliphatic rings. The Kier molecular flexibility index (Phi) is 4.39. The minimum atomic E-state index is -0.482. The third kappa shape index (κ3) is 2.67. The molecule has 0 radical (unpaired) electrons. The lowest BCUT2D eigenvalue weighted by atomic mass is 9.73. The van der Waals surface area contributed by atoms with E-state index < -0.39 is 11.3 Å². The Balaban J connectivity index is 2.05. The van der Waals surface area contributed by atoms with Crippen molar-refractivity contribution in [3.05, 3.63) is 0 Å². The molecule has 0 aromatic rings. The summed E-state index contributed by atoms with van der Waals surface area (Å²) in [6, 6.07) is 4.10.